The Morgan fingerprint density at radius 2 is 1.41 bits per heavy atom. The molecule has 27 heavy (non-hydrogen) atoms. The predicted octanol–water partition coefficient (Wildman–Crippen LogP) is 8.04. The molecule has 3 aliphatic carbocycles. The number of halogens is 3. The molecule has 0 nitrogen and oxygen atoms in total. The van der Waals surface area contributed by atoms with Crippen LogP contribution in [0.2, 0.25) is 0 Å². The van der Waals surface area contributed by atoms with Gasteiger partial charge in [0.05, 0.1) is 0 Å². The van der Waals surface area contributed by atoms with Crippen LogP contribution in [-0.2, 0) is 0 Å². The zero-order valence-electron chi connectivity index (χ0n) is 16.9. The number of hydrogen-bond acceptors (Lipinski definition) is 0. The lowest BCUT2D eigenvalue weighted by Gasteiger charge is -2.39. The highest BCUT2D eigenvalue weighted by Crippen LogP contribution is 2.46. The number of allylic oxidation sites excluding steroid dienone is 4. The van der Waals surface area contributed by atoms with Crippen LogP contribution in [0.1, 0.15) is 90.4 Å². The molecule has 2 unspecified atom stereocenters. The third-order valence-corrected chi connectivity index (χ3v) is 7.63. The maximum Gasteiger partial charge on any atom is 0.189 e. The second-order valence-electron chi connectivity index (χ2n) is 9.42. The van der Waals surface area contributed by atoms with E-state index in [2.05, 4.69) is 6.92 Å². The van der Waals surface area contributed by atoms with E-state index in [-0.39, 0.29) is 5.92 Å². The first-order valence-corrected chi connectivity index (χ1v) is 11.4. The zero-order valence-corrected chi connectivity index (χ0v) is 16.9. The summed E-state index contributed by atoms with van der Waals surface area (Å²) in [6.07, 6.45) is 17.1. The van der Waals surface area contributed by atoms with Crippen LogP contribution in [0.5, 0.6) is 0 Å². The fourth-order valence-electron chi connectivity index (χ4n) is 5.68. The van der Waals surface area contributed by atoms with Crippen LogP contribution in [0, 0.1) is 23.7 Å². The lowest BCUT2D eigenvalue weighted by atomic mass is 9.69. The molecule has 2 saturated carbocycles. The fourth-order valence-corrected chi connectivity index (χ4v) is 5.68. The molecule has 3 aliphatic rings. The molecule has 0 aromatic carbocycles. The Bertz CT molecular complexity index is 510. The van der Waals surface area contributed by atoms with Gasteiger partial charge in [0.1, 0.15) is 5.83 Å². The summed E-state index contributed by atoms with van der Waals surface area (Å²) in [6.45, 7) is 2.27. The largest absolute Gasteiger partial charge is 0.236 e. The van der Waals surface area contributed by atoms with E-state index in [0.717, 1.165) is 30.8 Å². The van der Waals surface area contributed by atoms with E-state index in [1.165, 1.54) is 69.9 Å². The predicted molar refractivity (Wildman–Crippen MR) is 107 cm³/mol. The maximum absolute atomic E-state index is 15.1. The molecular weight excluding hydrogens is 345 g/mol. The van der Waals surface area contributed by atoms with Gasteiger partial charge in [-0.1, -0.05) is 83.6 Å². The van der Waals surface area contributed by atoms with Gasteiger partial charge in [-0.25, -0.2) is 13.2 Å². The van der Waals surface area contributed by atoms with Gasteiger partial charge in [0.2, 0.25) is 0 Å². The second kappa shape index (κ2) is 9.65. The summed E-state index contributed by atoms with van der Waals surface area (Å²) in [6, 6.07) is 0. The SMILES string of the molecule is CCCCC1CCC(CCC2CCC(C3(F)C=CC=C(F)C3F)CC2)CC1. The summed E-state index contributed by atoms with van der Waals surface area (Å²) >= 11 is 0. The van der Waals surface area contributed by atoms with Crippen LogP contribution in [0.15, 0.2) is 24.1 Å². The van der Waals surface area contributed by atoms with E-state index < -0.39 is 17.7 Å². The lowest BCUT2D eigenvalue weighted by Crippen LogP contribution is -2.44. The molecule has 2 fully saturated rings. The summed E-state index contributed by atoms with van der Waals surface area (Å²) in [5.41, 5.74) is -2.14. The molecule has 0 amide bonds. The van der Waals surface area contributed by atoms with Crippen LogP contribution in [-0.4, -0.2) is 11.8 Å². The van der Waals surface area contributed by atoms with Gasteiger partial charge >= 0.3 is 0 Å². The lowest BCUT2D eigenvalue weighted by molar-refractivity contribution is 0.0174. The van der Waals surface area contributed by atoms with Crippen LogP contribution < -0.4 is 0 Å². The van der Waals surface area contributed by atoms with Crippen LogP contribution in [0.4, 0.5) is 13.2 Å². The van der Waals surface area contributed by atoms with Crippen molar-refractivity contribution in [2.45, 2.75) is 102 Å². The highest BCUT2D eigenvalue weighted by Gasteiger charge is 2.48. The maximum atomic E-state index is 15.1. The highest BCUT2D eigenvalue weighted by molar-refractivity contribution is 5.28. The molecule has 0 aromatic rings. The molecule has 0 saturated heterocycles. The van der Waals surface area contributed by atoms with Gasteiger partial charge in [-0.2, -0.15) is 0 Å². The summed E-state index contributed by atoms with van der Waals surface area (Å²) in [4.78, 5) is 0. The van der Waals surface area contributed by atoms with Crippen LogP contribution in [0.3, 0.4) is 0 Å². The first-order chi connectivity index (χ1) is 13.0. The standard InChI is InChI=1S/C24H37F3/c1-2-3-5-18-7-9-19(10-8-18)11-12-20-13-15-21(16-14-20)24(27)17-4-6-22(25)23(24)26/h4,6,17-21,23H,2-3,5,7-16H2,1H3. The molecule has 3 heteroatoms. The monoisotopic (exact) mass is 382 g/mol. The Balaban J connectivity index is 1.37. The summed E-state index contributed by atoms with van der Waals surface area (Å²) in [7, 11) is 0. The molecule has 0 spiro atoms. The van der Waals surface area contributed by atoms with Crippen molar-refractivity contribution >= 4 is 0 Å². The molecule has 0 N–H and O–H groups in total. The van der Waals surface area contributed by atoms with Gasteiger partial charge in [0.25, 0.3) is 0 Å². The number of unbranched alkanes of at least 4 members (excludes halogenated alkanes) is 1. The minimum Gasteiger partial charge on any atom is -0.236 e. The molecule has 0 aliphatic heterocycles. The van der Waals surface area contributed by atoms with E-state index in [1.54, 1.807) is 0 Å². The minimum absolute atomic E-state index is 0.381. The average Bonchev–Trinajstić information content (AvgIpc) is 2.70. The first kappa shape index (κ1) is 21.0. The van der Waals surface area contributed by atoms with Crippen LogP contribution >= 0.6 is 0 Å². The van der Waals surface area contributed by atoms with Gasteiger partial charge in [0.15, 0.2) is 11.8 Å². The Morgan fingerprint density at radius 1 is 0.889 bits per heavy atom. The zero-order chi connectivity index (χ0) is 19.3. The van der Waals surface area contributed by atoms with Gasteiger partial charge in [-0.15, -0.1) is 0 Å². The van der Waals surface area contributed by atoms with Crippen molar-refractivity contribution in [2.24, 2.45) is 23.7 Å². The smallest absolute Gasteiger partial charge is 0.189 e. The molecule has 0 radical (unpaired) electrons. The van der Waals surface area contributed by atoms with E-state index in [9.17, 15) is 8.78 Å². The van der Waals surface area contributed by atoms with Crippen molar-refractivity contribution in [1.29, 1.82) is 0 Å². The molecule has 2 atom stereocenters. The van der Waals surface area contributed by atoms with Crippen molar-refractivity contribution in [2.75, 3.05) is 0 Å². The van der Waals surface area contributed by atoms with Crippen LogP contribution in [0.25, 0.3) is 0 Å². The van der Waals surface area contributed by atoms with Gasteiger partial charge in [-0.3, -0.25) is 0 Å². The quantitative estimate of drug-likeness (QED) is 0.418. The third-order valence-electron chi connectivity index (χ3n) is 7.63. The van der Waals surface area contributed by atoms with E-state index in [1.807, 2.05) is 0 Å². The number of rotatable bonds is 7. The van der Waals surface area contributed by atoms with Gasteiger partial charge in [0, 0.05) is 5.92 Å². The summed E-state index contributed by atoms with van der Waals surface area (Å²) in [5, 5.41) is 0. The van der Waals surface area contributed by atoms with E-state index >= 15 is 4.39 Å². The van der Waals surface area contributed by atoms with Crippen molar-refractivity contribution in [3.8, 4) is 0 Å². The fraction of sp³-hybridized carbons (Fsp3) is 0.833. The van der Waals surface area contributed by atoms with Crippen molar-refractivity contribution in [1.82, 2.24) is 0 Å². The average molecular weight is 383 g/mol. The highest BCUT2D eigenvalue weighted by atomic mass is 19.2. The molecular formula is C24H37F3. The Labute approximate surface area is 163 Å². The molecule has 0 aromatic heterocycles. The van der Waals surface area contributed by atoms with Crippen molar-refractivity contribution in [3.05, 3.63) is 24.1 Å². The molecule has 0 bridgehead atoms. The third kappa shape index (κ3) is 5.21. The Morgan fingerprint density at radius 3 is 1.96 bits per heavy atom. The Hall–Kier alpha value is -0.730. The minimum atomic E-state index is -2.14. The van der Waals surface area contributed by atoms with Crippen molar-refractivity contribution in [3.63, 3.8) is 0 Å². The molecule has 154 valence electrons. The van der Waals surface area contributed by atoms with Gasteiger partial charge in [-0.05, 0) is 42.7 Å². The first-order valence-electron chi connectivity index (χ1n) is 11.4. The molecule has 0 heterocycles. The molecule has 3 rings (SSSR count). The normalized spacial score (nSPS) is 40.0. The summed E-state index contributed by atoms with van der Waals surface area (Å²) < 4.78 is 42.7. The van der Waals surface area contributed by atoms with Crippen molar-refractivity contribution < 1.29 is 13.2 Å². The van der Waals surface area contributed by atoms with Gasteiger partial charge < -0.3 is 0 Å². The topological polar surface area (TPSA) is 0 Å². The Kier molecular flexibility index (Phi) is 7.50. The summed E-state index contributed by atoms with van der Waals surface area (Å²) in [5.74, 6) is 1.15. The number of hydrogen-bond donors (Lipinski definition) is 0. The second-order valence-corrected chi connectivity index (χ2v) is 9.42. The number of alkyl halides is 2. The van der Waals surface area contributed by atoms with E-state index in [4.69, 9.17) is 0 Å². The van der Waals surface area contributed by atoms with E-state index in [0.29, 0.717) is 18.8 Å².